The first-order valence-corrected chi connectivity index (χ1v) is 15.1. The molecule has 1 saturated heterocycles. The van der Waals surface area contributed by atoms with Crippen molar-refractivity contribution in [3.8, 4) is 39.7 Å². The Kier molecular flexibility index (Phi) is 7.92. The second kappa shape index (κ2) is 12.3. The molecule has 1 aliphatic rings. The molecule has 1 aliphatic heterocycles. The predicted octanol–water partition coefficient (Wildman–Crippen LogP) is 4.80. The van der Waals surface area contributed by atoms with Crippen LogP contribution in [0.5, 0.6) is 5.75 Å². The summed E-state index contributed by atoms with van der Waals surface area (Å²) in [5.41, 5.74) is 13.3. The van der Waals surface area contributed by atoms with E-state index in [2.05, 4.69) is 30.0 Å². The number of nitrogens with two attached hydrogens (primary N) is 1. The molecule has 7 rings (SSSR count). The third-order valence-electron chi connectivity index (χ3n) is 8.13. The van der Waals surface area contributed by atoms with Crippen molar-refractivity contribution in [2.45, 2.75) is 18.9 Å². The number of ether oxygens (including phenoxy) is 1. The maximum absolute atomic E-state index is 14.8. The number of pyridine rings is 3. The number of benzene rings is 1. The van der Waals surface area contributed by atoms with Crippen LogP contribution >= 0.6 is 0 Å². The van der Waals surface area contributed by atoms with Gasteiger partial charge in [0, 0.05) is 42.7 Å². The van der Waals surface area contributed by atoms with Crippen molar-refractivity contribution < 1.29 is 9.13 Å². The Labute approximate surface area is 259 Å². The van der Waals surface area contributed by atoms with Crippen LogP contribution < -0.4 is 10.5 Å². The first-order valence-electron chi connectivity index (χ1n) is 15.1. The van der Waals surface area contributed by atoms with Crippen LogP contribution in [0.1, 0.15) is 24.4 Å². The van der Waals surface area contributed by atoms with E-state index in [0.717, 1.165) is 36.4 Å². The van der Waals surface area contributed by atoms with Crippen LogP contribution in [0.25, 0.3) is 56.0 Å². The van der Waals surface area contributed by atoms with Crippen molar-refractivity contribution in [1.82, 2.24) is 44.9 Å². The summed E-state index contributed by atoms with van der Waals surface area (Å²) in [6, 6.07) is 10.3. The summed E-state index contributed by atoms with van der Waals surface area (Å²) in [5, 5.41) is 7.61. The molecular formula is C33H35FN10O. The van der Waals surface area contributed by atoms with Crippen molar-refractivity contribution >= 4 is 22.1 Å². The molecule has 230 valence electrons. The lowest BCUT2D eigenvalue weighted by molar-refractivity contribution is 0.237. The van der Waals surface area contributed by atoms with E-state index in [-0.39, 0.29) is 11.9 Å². The fourth-order valence-electron chi connectivity index (χ4n) is 5.90. The smallest absolute Gasteiger partial charge is 0.161 e. The number of imidazole rings is 1. The summed E-state index contributed by atoms with van der Waals surface area (Å²) in [7, 11) is 3.87. The quantitative estimate of drug-likeness (QED) is 0.201. The molecular weight excluding hydrogens is 571 g/mol. The number of hydrogen-bond acceptors (Lipinski definition) is 9. The second-order valence-electron chi connectivity index (χ2n) is 11.8. The highest BCUT2D eigenvalue weighted by molar-refractivity contribution is 5.95. The number of fused-ring (bicyclic) bond motifs is 2. The zero-order chi connectivity index (χ0) is 30.9. The van der Waals surface area contributed by atoms with Crippen LogP contribution in [0.3, 0.4) is 0 Å². The Balaban J connectivity index is 1.19. The molecule has 6 heterocycles. The molecule has 0 bridgehead atoms. The normalized spacial score (nSPS) is 14.6. The SMILES string of the molecule is CN(C)CC(N)c1cc(F)cc(-c2cncc3[nH]c(-c4n[nH]c5ccc(-c6cncc(OCCN7CCCC7)c6)nc45)nc23)c1. The van der Waals surface area contributed by atoms with Crippen LogP contribution in [0.4, 0.5) is 4.39 Å². The van der Waals surface area contributed by atoms with E-state index < -0.39 is 0 Å². The topological polar surface area (TPSA) is 138 Å². The molecule has 6 aromatic rings. The van der Waals surface area contributed by atoms with Gasteiger partial charge in [0.2, 0.25) is 0 Å². The first-order chi connectivity index (χ1) is 21.9. The van der Waals surface area contributed by atoms with Crippen LogP contribution in [0.15, 0.2) is 61.2 Å². The Hall–Kier alpha value is -4.78. The van der Waals surface area contributed by atoms with Gasteiger partial charge in [-0.05, 0) is 87.6 Å². The Morgan fingerprint density at radius 1 is 0.956 bits per heavy atom. The lowest BCUT2D eigenvalue weighted by Crippen LogP contribution is -2.26. The monoisotopic (exact) mass is 606 g/mol. The van der Waals surface area contributed by atoms with Crippen LogP contribution in [0.2, 0.25) is 0 Å². The number of halogens is 1. The van der Waals surface area contributed by atoms with E-state index in [9.17, 15) is 4.39 Å². The van der Waals surface area contributed by atoms with Gasteiger partial charge in [-0.1, -0.05) is 0 Å². The molecule has 5 aromatic heterocycles. The Morgan fingerprint density at radius 2 is 1.80 bits per heavy atom. The molecule has 11 nitrogen and oxygen atoms in total. The van der Waals surface area contributed by atoms with Gasteiger partial charge < -0.3 is 20.4 Å². The van der Waals surface area contributed by atoms with Gasteiger partial charge in [-0.3, -0.25) is 20.0 Å². The van der Waals surface area contributed by atoms with Gasteiger partial charge in [0.25, 0.3) is 0 Å². The third kappa shape index (κ3) is 6.12. The maximum atomic E-state index is 14.8. The number of H-pyrrole nitrogens is 2. The molecule has 0 saturated carbocycles. The van der Waals surface area contributed by atoms with Gasteiger partial charge in [-0.15, -0.1) is 0 Å². The second-order valence-corrected chi connectivity index (χ2v) is 11.8. The molecule has 0 spiro atoms. The average molecular weight is 607 g/mol. The van der Waals surface area contributed by atoms with Gasteiger partial charge in [0.05, 0.1) is 34.6 Å². The molecule has 0 aliphatic carbocycles. The summed E-state index contributed by atoms with van der Waals surface area (Å²) in [6.45, 7) is 4.39. The van der Waals surface area contributed by atoms with E-state index in [1.165, 1.54) is 25.0 Å². The number of nitrogens with one attached hydrogen (secondary N) is 2. The van der Waals surface area contributed by atoms with Crippen LogP contribution in [-0.2, 0) is 0 Å². The van der Waals surface area contributed by atoms with Crippen molar-refractivity contribution in [3.63, 3.8) is 0 Å². The van der Waals surface area contributed by atoms with Crippen LogP contribution in [0, 0.1) is 5.82 Å². The minimum Gasteiger partial charge on any atom is -0.491 e. The number of nitrogens with zero attached hydrogens (tertiary/aromatic N) is 7. The Morgan fingerprint density at radius 3 is 2.64 bits per heavy atom. The minimum absolute atomic E-state index is 0.343. The van der Waals surface area contributed by atoms with E-state index >= 15 is 0 Å². The fraction of sp³-hybridized carbons (Fsp3) is 0.303. The molecule has 0 radical (unpaired) electrons. The summed E-state index contributed by atoms with van der Waals surface area (Å²) in [5.74, 6) is 0.866. The molecule has 1 aromatic carbocycles. The lowest BCUT2D eigenvalue weighted by atomic mass is 9.99. The van der Waals surface area contributed by atoms with Gasteiger partial charge >= 0.3 is 0 Å². The summed E-state index contributed by atoms with van der Waals surface area (Å²) >= 11 is 0. The minimum atomic E-state index is -0.366. The molecule has 1 atom stereocenters. The van der Waals surface area contributed by atoms with E-state index in [4.69, 9.17) is 20.4 Å². The maximum Gasteiger partial charge on any atom is 0.161 e. The zero-order valence-electron chi connectivity index (χ0n) is 25.3. The van der Waals surface area contributed by atoms with Crippen molar-refractivity contribution in [2.24, 2.45) is 5.73 Å². The highest BCUT2D eigenvalue weighted by atomic mass is 19.1. The molecule has 4 N–H and O–H groups in total. The van der Waals surface area contributed by atoms with E-state index in [1.807, 2.05) is 43.3 Å². The van der Waals surface area contributed by atoms with Crippen molar-refractivity contribution in [1.29, 1.82) is 0 Å². The van der Waals surface area contributed by atoms with E-state index in [1.54, 1.807) is 24.8 Å². The van der Waals surface area contributed by atoms with Crippen LogP contribution in [-0.4, -0.2) is 91.8 Å². The van der Waals surface area contributed by atoms with Crippen molar-refractivity contribution in [2.75, 3.05) is 46.9 Å². The first kappa shape index (κ1) is 29.0. The fourth-order valence-corrected chi connectivity index (χ4v) is 5.90. The standard InChI is InChI=1S/C33H35FN10O/c1-43(2)19-26(35)21-11-20(12-23(34)13-21)25-17-37-18-29-30(25)40-33(39-29)32-31-28(41-42-32)6-5-27(38-31)22-14-24(16-36-15-22)45-10-9-44-7-3-4-8-44/h5-6,11-18,26H,3-4,7-10,19,35H2,1-2H3,(H,39,40)(H,41,42). The number of rotatable bonds is 10. The summed E-state index contributed by atoms with van der Waals surface area (Å²) < 4.78 is 20.8. The highest BCUT2D eigenvalue weighted by Gasteiger charge is 2.19. The number of likely N-dealkylation sites (tertiary alicyclic amines) is 1. The number of hydrogen-bond donors (Lipinski definition) is 3. The highest BCUT2D eigenvalue weighted by Crippen LogP contribution is 2.33. The summed E-state index contributed by atoms with van der Waals surface area (Å²) in [6.07, 6.45) is 9.41. The number of likely N-dealkylation sites (N-methyl/N-ethyl adjacent to an activating group) is 1. The zero-order valence-corrected chi connectivity index (χ0v) is 25.3. The van der Waals surface area contributed by atoms with Gasteiger partial charge in [-0.2, -0.15) is 5.10 Å². The molecule has 12 heteroatoms. The van der Waals surface area contributed by atoms with E-state index in [0.29, 0.717) is 63.7 Å². The predicted molar refractivity (Wildman–Crippen MR) is 172 cm³/mol. The molecule has 1 fully saturated rings. The average Bonchev–Trinajstić information content (AvgIpc) is 3.80. The summed E-state index contributed by atoms with van der Waals surface area (Å²) in [4.78, 5) is 26.4. The Bertz CT molecular complexity index is 1960. The third-order valence-corrected chi connectivity index (χ3v) is 8.13. The largest absolute Gasteiger partial charge is 0.491 e. The van der Waals surface area contributed by atoms with Gasteiger partial charge in [-0.25, -0.2) is 14.4 Å². The van der Waals surface area contributed by atoms with Crippen molar-refractivity contribution in [3.05, 3.63) is 72.6 Å². The van der Waals surface area contributed by atoms with Gasteiger partial charge in [0.1, 0.15) is 23.7 Å². The van der Waals surface area contributed by atoms with Gasteiger partial charge in [0.15, 0.2) is 11.5 Å². The number of aromatic amines is 2. The molecule has 45 heavy (non-hydrogen) atoms. The lowest BCUT2D eigenvalue weighted by Gasteiger charge is -2.18. The number of aromatic nitrogens is 7. The molecule has 0 amide bonds. The molecule has 1 unspecified atom stereocenters.